The van der Waals surface area contributed by atoms with Gasteiger partial charge >= 0.3 is 0 Å². The van der Waals surface area contributed by atoms with Crippen LogP contribution in [-0.2, 0) is 11.3 Å². The standard InChI is InChI=1S/C21H17BrClN3O2/c22-18-4-2-1-3-14(18)7-12-20(27)26(17-10-11-17)13-19-24-25-21(28-19)15-5-8-16(23)9-6-15/h1-9,12,17H,10-11,13H2/b12-7+. The number of rotatable bonds is 6. The summed E-state index contributed by atoms with van der Waals surface area (Å²) < 4.78 is 6.71. The van der Waals surface area contributed by atoms with E-state index in [1.54, 1.807) is 23.1 Å². The molecular formula is C21H17BrClN3O2. The number of amides is 1. The molecule has 1 fully saturated rings. The summed E-state index contributed by atoms with van der Waals surface area (Å²) in [6.07, 6.45) is 5.39. The monoisotopic (exact) mass is 457 g/mol. The molecule has 1 heterocycles. The topological polar surface area (TPSA) is 59.2 Å². The van der Waals surface area contributed by atoms with Gasteiger partial charge in [-0.3, -0.25) is 4.79 Å². The highest BCUT2D eigenvalue weighted by molar-refractivity contribution is 9.10. The fourth-order valence-corrected chi connectivity index (χ4v) is 3.36. The van der Waals surface area contributed by atoms with Crippen LogP contribution in [0.3, 0.4) is 0 Å². The number of hydrogen-bond acceptors (Lipinski definition) is 4. The van der Waals surface area contributed by atoms with Gasteiger partial charge in [-0.05, 0) is 54.8 Å². The Hall–Kier alpha value is -2.44. The molecule has 3 aromatic rings. The first-order valence-electron chi connectivity index (χ1n) is 8.92. The summed E-state index contributed by atoms with van der Waals surface area (Å²) in [5.41, 5.74) is 1.75. The Morgan fingerprint density at radius 1 is 1.18 bits per heavy atom. The van der Waals surface area contributed by atoms with Crippen molar-refractivity contribution in [3.63, 3.8) is 0 Å². The number of nitrogens with zero attached hydrogens (tertiary/aromatic N) is 3. The number of carbonyl (C=O) groups excluding carboxylic acids is 1. The SMILES string of the molecule is O=C(/C=C/c1ccccc1Br)N(Cc1nnc(-c2ccc(Cl)cc2)o1)C1CC1. The lowest BCUT2D eigenvalue weighted by Gasteiger charge is -2.18. The third kappa shape index (κ3) is 4.51. The predicted octanol–water partition coefficient (Wildman–Crippen LogP) is 5.36. The largest absolute Gasteiger partial charge is 0.419 e. The van der Waals surface area contributed by atoms with Crippen LogP contribution in [0, 0.1) is 0 Å². The van der Waals surface area contributed by atoms with E-state index in [1.165, 1.54) is 0 Å². The minimum atomic E-state index is -0.0653. The van der Waals surface area contributed by atoms with Crippen LogP contribution in [0.25, 0.3) is 17.5 Å². The third-order valence-corrected chi connectivity index (χ3v) is 5.42. The van der Waals surface area contributed by atoms with Crippen LogP contribution in [0.5, 0.6) is 0 Å². The molecule has 1 aliphatic rings. The van der Waals surface area contributed by atoms with Gasteiger partial charge < -0.3 is 9.32 Å². The molecule has 142 valence electrons. The maximum atomic E-state index is 12.7. The second-order valence-corrected chi connectivity index (χ2v) is 7.85. The van der Waals surface area contributed by atoms with E-state index in [2.05, 4.69) is 26.1 Å². The Bertz CT molecular complexity index is 1010. The average Bonchev–Trinajstić information content (AvgIpc) is 3.44. The predicted molar refractivity (Wildman–Crippen MR) is 111 cm³/mol. The van der Waals surface area contributed by atoms with Crippen molar-refractivity contribution in [2.75, 3.05) is 0 Å². The van der Waals surface area contributed by atoms with Crippen LogP contribution in [0.15, 0.2) is 63.5 Å². The van der Waals surface area contributed by atoms with Crippen LogP contribution in [0.2, 0.25) is 5.02 Å². The van der Waals surface area contributed by atoms with Crippen molar-refractivity contribution in [1.29, 1.82) is 0 Å². The number of benzene rings is 2. The van der Waals surface area contributed by atoms with E-state index in [0.717, 1.165) is 28.4 Å². The van der Waals surface area contributed by atoms with E-state index in [4.69, 9.17) is 16.0 Å². The first-order chi connectivity index (χ1) is 13.6. The van der Waals surface area contributed by atoms with Crippen LogP contribution < -0.4 is 0 Å². The Morgan fingerprint density at radius 2 is 1.93 bits per heavy atom. The fraction of sp³-hybridized carbons (Fsp3) is 0.190. The molecule has 4 rings (SSSR count). The lowest BCUT2D eigenvalue weighted by atomic mass is 10.2. The Kier molecular flexibility index (Phi) is 5.59. The maximum absolute atomic E-state index is 12.7. The van der Waals surface area contributed by atoms with Crippen LogP contribution in [-0.4, -0.2) is 27.0 Å². The first kappa shape index (κ1) is 18.9. The molecule has 0 saturated heterocycles. The number of halogens is 2. The lowest BCUT2D eigenvalue weighted by Crippen LogP contribution is -2.31. The van der Waals surface area contributed by atoms with Crippen molar-refractivity contribution in [2.24, 2.45) is 0 Å². The summed E-state index contributed by atoms with van der Waals surface area (Å²) in [5, 5.41) is 8.84. The van der Waals surface area contributed by atoms with E-state index in [1.807, 2.05) is 42.5 Å². The summed E-state index contributed by atoms with van der Waals surface area (Å²) in [6.45, 7) is 0.296. The summed E-state index contributed by atoms with van der Waals surface area (Å²) in [6, 6.07) is 15.2. The molecule has 0 bridgehead atoms. The highest BCUT2D eigenvalue weighted by atomic mass is 79.9. The smallest absolute Gasteiger partial charge is 0.247 e. The molecule has 0 atom stereocenters. The molecule has 5 nitrogen and oxygen atoms in total. The zero-order valence-electron chi connectivity index (χ0n) is 14.9. The Balaban J connectivity index is 1.48. The zero-order valence-corrected chi connectivity index (χ0v) is 17.2. The lowest BCUT2D eigenvalue weighted by molar-refractivity contribution is -0.127. The van der Waals surface area contributed by atoms with Gasteiger partial charge in [0.1, 0.15) is 0 Å². The van der Waals surface area contributed by atoms with Crippen molar-refractivity contribution in [2.45, 2.75) is 25.4 Å². The molecule has 1 aromatic heterocycles. The van der Waals surface area contributed by atoms with Crippen molar-refractivity contribution in [3.05, 3.63) is 75.6 Å². The molecule has 2 aromatic carbocycles. The Labute approximate surface area is 176 Å². The number of hydrogen-bond donors (Lipinski definition) is 0. The molecule has 7 heteroatoms. The van der Waals surface area contributed by atoms with Crippen LogP contribution in [0.4, 0.5) is 0 Å². The second-order valence-electron chi connectivity index (χ2n) is 6.56. The van der Waals surface area contributed by atoms with Gasteiger partial charge in [-0.2, -0.15) is 0 Å². The quantitative estimate of drug-likeness (QED) is 0.467. The van der Waals surface area contributed by atoms with Gasteiger partial charge in [0.25, 0.3) is 0 Å². The van der Waals surface area contributed by atoms with E-state index in [-0.39, 0.29) is 11.9 Å². The minimum absolute atomic E-state index is 0.0653. The van der Waals surface area contributed by atoms with Crippen molar-refractivity contribution in [1.82, 2.24) is 15.1 Å². The maximum Gasteiger partial charge on any atom is 0.247 e. The van der Waals surface area contributed by atoms with Gasteiger partial charge in [-0.25, -0.2) is 0 Å². The van der Waals surface area contributed by atoms with Crippen molar-refractivity contribution < 1.29 is 9.21 Å². The highest BCUT2D eigenvalue weighted by Gasteiger charge is 2.32. The van der Waals surface area contributed by atoms with E-state index < -0.39 is 0 Å². The Morgan fingerprint density at radius 3 is 2.64 bits per heavy atom. The molecule has 0 unspecified atom stereocenters. The normalized spacial score (nSPS) is 13.8. The van der Waals surface area contributed by atoms with Gasteiger partial charge in [0.2, 0.25) is 17.7 Å². The first-order valence-corrected chi connectivity index (χ1v) is 10.1. The number of aromatic nitrogens is 2. The van der Waals surface area contributed by atoms with E-state index >= 15 is 0 Å². The number of carbonyl (C=O) groups is 1. The molecule has 1 saturated carbocycles. The molecule has 0 N–H and O–H groups in total. The zero-order chi connectivity index (χ0) is 19.5. The van der Waals surface area contributed by atoms with Crippen LogP contribution in [0.1, 0.15) is 24.3 Å². The van der Waals surface area contributed by atoms with Gasteiger partial charge in [-0.1, -0.05) is 45.7 Å². The van der Waals surface area contributed by atoms with Gasteiger partial charge in [0, 0.05) is 27.2 Å². The molecular weight excluding hydrogens is 442 g/mol. The third-order valence-electron chi connectivity index (χ3n) is 4.45. The molecule has 0 aliphatic heterocycles. The molecule has 0 spiro atoms. The molecule has 0 radical (unpaired) electrons. The minimum Gasteiger partial charge on any atom is -0.419 e. The van der Waals surface area contributed by atoms with E-state index in [9.17, 15) is 4.79 Å². The highest BCUT2D eigenvalue weighted by Crippen LogP contribution is 2.29. The summed E-state index contributed by atoms with van der Waals surface area (Å²) in [4.78, 5) is 14.5. The summed E-state index contributed by atoms with van der Waals surface area (Å²) in [5.74, 6) is 0.766. The fourth-order valence-electron chi connectivity index (χ4n) is 2.81. The van der Waals surface area contributed by atoms with Gasteiger partial charge in [0.15, 0.2) is 0 Å². The average molecular weight is 459 g/mol. The molecule has 1 aliphatic carbocycles. The van der Waals surface area contributed by atoms with Gasteiger partial charge in [0.05, 0.1) is 6.54 Å². The summed E-state index contributed by atoms with van der Waals surface area (Å²) >= 11 is 9.40. The van der Waals surface area contributed by atoms with Crippen molar-refractivity contribution >= 4 is 39.5 Å². The van der Waals surface area contributed by atoms with E-state index in [0.29, 0.717) is 23.3 Å². The van der Waals surface area contributed by atoms with Crippen LogP contribution >= 0.6 is 27.5 Å². The van der Waals surface area contributed by atoms with Crippen molar-refractivity contribution in [3.8, 4) is 11.5 Å². The molecule has 1 amide bonds. The molecule has 28 heavy (non-hydrogen) atoms. The van der Waals surface area contributed by atoms with Gasteiger partial charge in [-0.15, -0.1) is 10.2 Å². The second kappa shape index (κ2) is 8.29. The summed E-state index contributed by atoms with van der Waals surface area (Å²) in [7, 11) is 0.